The van der Waals surface area contributed by atoms with E-state index in [4.69, 9.17) is 22.1 Å². The van der Waals surface area contributed by atoms with E-state index in [-0.39, 0.29) is 24.3 Å². The maximum Gasteiger partial charge on any atom is 0.123 e. The average Bonchev–Trinajstić information content (AvgIpc) is 2.44. The molecule has 2 rings (SSSR count). The van der Waals surface area contributed by atoms with Crippen LogP contribution in [0.4, 0.5) is 4.39 Å². The zero-order valence-corrected chi connectivity index (χ0v) is 14.0. The highest BCUT2D eigenvalue weighted by Crippen LogP contribution is 2.43. The zero-order chi connectivity index (χ0) is 14.6. The van der Waals surface area contributed by atoms with Crippen molar-refractivity contribution in [1.29, 1.82) is 0 Å². The molecule has 1 saturated carbocycles. The maximum atomic E-state index is 13.6. The molecule has 21 heavy (non-hydrogen) atoms. The Kier molecular flexibility index (Phi) is 7.41. The van der Waals surface area contributed by atoms with Gasteiger partial charge in [0.2, 0.25) is 0 Å². The summed E-state index contributed by atoms with van der Waals surface area (Å²) in [6.07, 6.45) is 5.47. The lowest BCUT2D eigenvalue weighted by Gasteiger charge is -2.40. The van der Waals surface area contributed by atoms with Gasteiger partial charge >= 0.3 is 0 Å². The van der Waals surface area contributed by atoms with Gasteiger partial charge in [-0.25, -0.2) is 4.39 Å². The van der Waals surface area contributed by atoms with Crippen LogP contribution < -0.4 is 5.73 Å². The Bertz CT molecular complexity index is 448. The van der Waals surface area contributed by atoms with E-state index in [9.17, 15) is 4.39 Å². The quantitative estimate of drug-likeness (QED) is 0.783. The zero-order valence-electron chi connectivity index (χ0n) is 12.4. The first-order valence-electron chi connectivity index (χ1n) is 7.42. The lowest BCUT2D eigenvalue weighted by molar-refractivity contribution is -0.0795. The molecule has 2 nitrogen and oxygen atoms in total. The number of hydrogen-bond acceptors (Lipinski definition) is 2. The van der Waals surface area contributed by atoms with Gasteiger partial charge in [-0.1, -0.05) is 24.9 Å². The summed E-state index contributed by atoms with van der Waals surface area (Å²) >= 11 is 6.29. The van der Waals surface area contributed by atoms with Crippen LogP contribution in [-0.2, 0) is 10.3 Å². The Balaban J connectivity index is 0.00000220. The van der Waals surface area contributed by atoms with Crippen LogP contribution >= 0.6 is 24.0 Å². The second-order valence-corrected chi connectivity index (χ2v) is 6.07. The molecule has 1 aromatic carbocycles. The highest BCUT2D eigenvalue weighted by Gasteiger charge is 2.38. The molecule has 1 aliphatic carbocycles. The molecule has 0 aliphatic heterocycles. The van der Waals surface area contributed by atoms with E-state index in [0.717, 1.165) is 44.1 Å². The van der Waals surface area contributed by atoms with E-state index in [1.54, 1.807) is 6.07 Å². The van der Waals surface area contributed by atoms with Crippen molar-refractivity contribution in [2.24, 2.45) is 5.73 Å². The van der Waals surface area contributed by atoms with E-state index < -0.39 is 5.60 Å². The van der Waals surface area contributed by atoms with Gasteiger partial charge < -0.3 is 10.5 Å². The molecule has 0 aromatic heterocycles. The summed E-state index contributed by atoms with van der Waals surface area (Å²) in [5, 5.41) is 0.582. The molecule has 0 atom stereocenters. The molecule has 0 bridgehead atoms. The van der Waals surface area contributed by atoms with Crippen molar-refractivity contribution in [2.45, 2.75) is 57.1 Å². The second-order valence-electron chi connectivity index (χ2n) is 5.66. The van der Waals surface area contributed by atoms with Gasteiger partial charge in [0.25, 0.3) is 0 Å². The molecule has 0 amide bonds. The van der Waals surface area contributed by atoms with Gasteiger partial charge in [-0.15, -0.1) is 12.4 Å². The summed E-state index contributed by atoms with van der Waals surface area (Å²) < 4.78 is 19.8. The summed E-state index contributed by atoms with van der Waals surface area (Å²) in [4.78, 5) is 0. The molecule has 0 heterocycles. The van der Waals surface area contributed by atoms with Gasteiger partial charge in [0.1, 0.15) is 5.82 Å². The van der Waals surface area contributed by atoms with Crippen LogP contribution in [0.3, 0.4) is 0 Å². The van der Waals surface area contributed by atoms with E-state index in [1.807, 2.05) is 0 Å². The van der Waals surface area contributed by atoms with Gasteiger partial charge in [0, 0.05) is 23.2 Å². The number of halogens is 3. The van der Waals surface area contributed by atoms with E-state index in [2.05, 4.69) is 6.92 Å². The normalized spacial score (nSPS) is 25.4. The smallest absolute Gasteiger partial charge is 0.123 e. The summed E-state index contributed by atoms with van der Waals surface area (Å²) in [7, 11) is 0. The number of unbranched alkanes of at least 4 members (excludes halogenated alkanes) is 1. The summed E-state index contributed by atoms with van der Waals surface area (Å²) in [5.74, 6) is -0.266. The molecule has 1 fully saturated rings. The molecule has 1 aromatic rings. The molecule has 5 heteroatoms. The van der Waals surface area contributed by atoms with Gasteiger partial charge in [-0.2, -0.15) is 0 Å². The van der Waals surface area contributed by atoms with Gasteiger partial charge in [0.05, 0.1) is 5.60 Å². The molecule has 0 saturated heterocycles. The van der Waals surface area contributed by atoms with Crippen LogP contribution in [0.5, 0.6) is 0 Å². The Morgan fingerprint density at radius 3 is 2.67 bits per heavy atom. The Morgan fingerprint density at radius 1 is 1.38 bits per heavy atom. The Labute approximate surface area is 137 Å². The largest absolute Gasteiger partial charge is 0.370 e. The van der Waals surface area contributed by atoms with E-state index >= 15 is 0 Å². The third-order valence-electron chi connectivity index (χ3n) is 4.13. The Morgan fingerprint density at radius 2 is 2.05 bits per heavy atom. The van der Waals surface area contributed by atoms with Crippen LogP contribution in [0, 0.1) is 5.82 Å². The van der Waals surface area contributed by atoms with Gasteiger partial charge in [-0.3, -0.25) is 0 Å². The predicted molar refractivity (Wildman–Crippen MR) is 87.6 cm³/mol. The van der Waals surface area contributed by atoms with E-state index in [0.29, 0.717) is 11.6 Å². The topological polar surface area (TPSA) is 35.2 Å². The van der Waals surface area contributed by atoms with E-state index in [1.165, 1.54) is 12.1 Å². The van der Waals surface area contributed by atoms with Crippen LogP contribution in [0.1, 0.15) is 51.0 Å². The fourth-order valence-corrected chi connectivity index (χ4v) is 3.15. The third kappa shape index (κ3) is 4.56. The van der Waals surface area contributed by atoms with Crippen molar-refractivity contribution in [3.8, 4) is 0 Å². The molecule has 0 unspecified atom stereocenters. The minimum atomic E-state index is -0.468. The Hall–Kier alpha value is -0.350. The van der Waals surface area contributed by atoms with Crippen molar-refractivity contribution in [2.75, 3.05) is 6.61 Å². The first-order valence-corrected chi connectivity index (χ1v) is 7.80. The number of benzene rings is 1. The molecule has 0 spiro atoms. The van der Waals surface area contributed by atoms with Crippen molar-refractivity contribution in [3.63, 3.8) is 0 Å². The molecular formula is C16H24Cl2FNO. The fourth-order valence-electron chi connectivity index (χ4n) is 2.86. The predicted octanol–water partition coefficient (Wildman–Crippen LogP) is 4.81. The second kappa shape index (κ2) is 8.33. The minimum absolute atomic E-state index is 0. The standard InChI is InChI=1S/C16H23ClFNO.ClH/c1-2-3-10-20-16(8-6-13(19)7-9-16)14-11-12(18)4-5-15(14)17;/h4-5,11,13H,2-3,6-10,19H2,1H3;1H. The monoisotopic (exact) mass is 335 g/mol. The third-order valence-corrected chi connectivity index (χ3v) is 4.46. The number of nitrogens with two attached hydrogens (primary N) is 1. The fraction of sp³-hybridized carbons (Fsp3) is 0.625. The van der Waals surface area contributed by atoms with Crippen LogP contribution in [-0.4, -0.2) is 12.6 Å². The molecule has 1 aliphatic rings. The average molecular weight is 336 g/mol. The SMILES string of the molecule is CCCCOC1(c2cc(F)ccc2Cl)CCC(N)CC1.Cl. The van der Waals surface area contributed by atoms with Crippen molar-refractivity contribution >= 4 is 24.0 Å². The maximum absolute atomic E-state index is 13.6. The first-order chi connectivity index (χ1) is 9.57. The highest BCUT2D eigenvalue weighted by molar-refractivity contribution is 6.31. The minimum Gasteiger partial charge on any atom is -0.370 e. The highest BCUT2D eigenvalue weighted by atomic mass is 35.5. The lowest BCUT2D eigenvalue weighted by Crippen LogP contribution is -2.39. The molecule has 2 N–H and O–H groups in total. The van der Waals surface area contributed by atoms with Crippen LogP contribution in [0.2, 0.25) is 5.02 Å². The number of hydrogen-bond donors (Lipinski definition) is 1. The molecular weight excluding hydrogens is 312 g/mol. The molecule has 0 radical (unpaired) electrons. The summed E-state index contributed by atoms with van der Waals surface area (Å²) in [5.41, 5.74) is 6.31. The summed E-state index contributed by atoms with van der Waals surface area (Å²) in [6, 6.07) is 4.74. The number of ether oxygens (including phenoxy) is 1. The van der Waals surface area contributed by atoms with Crippen molar-refractivity contribution in [3.05, 3.63) is 34.6 Å². The van der Waals surface area contributed by atoms with Crippen molar-refractivity contribution < 1.29 is 9.13 Å². The van der Waals surface area contributed by atoms with Crippen molar-refractivity contribution in [1.82, 2.24) is 0 Å². The van der Waals surface area contributed by atoms with Gasteiger partial charge in [0.15, 0.2) is 0 Å². The molecule has 120 valence electrons. The van der Waals surface area contributed by atoms with Crippen LogP contribution in [0.15, 0.2) is 18.2 Å². The number of rotatable bonds is 5. The first kappa shape index (κ1) is 18.7. The van der Waals surface area contributed by atoms with Crippen LogP contribution in [0.25, 0.3) is 0 Å². The summed E-state index contributed by atoms with van der Waals surface area (Å²) in [6.45, 7) is 2.81. The lowest BCUT2D eigenvalue weighted by atomic mass is 9.77. The van der Waals surface area contributed by atoms with Gasteiger partial charge in [-0.05, 0) is 50.3 Å².